The van der Waals surface area contributed by atoms with Gasteiger partial charge < -0.3 is 0 Å². The maximum absolute atomic E-state index is 8.74. The van der Waals surface area contributed by atoms with Gasteiger partial charge in [0.25, 0.3) is 0 Å². The molecule has 5 heteroatoms. The SMILES string of the molecule is Cc1cccc(C)c1.O=S(=O)(O)O. The normalized spacial score (nSPS) is 10.2. The van der Waals surface area contributed by atoms with Gasteiger partial charge in [0.15, 0.2) is 0 Å². The van der Waals surface area contributed by atoms with Gasteiger partial charge in [-0.25, -0.2) is 0 Å². The molecule has 4 nitrogen and oxygen atoms in total. The maximum atomic E-state index is 8.74. The van der Waals surface area contributed by atoms with Gasteiger partial charge in [-0.15, -0.1) is 0 Å². The minimum absolute atomic E-state index is 1.34. The Morgan fingerprint density at radius 2 is 1.38 bits per heavy atom. The van der Waals surface area contributed by atoms with Crippen LogP contribution in [0.4, 0.5) is 0 Å². The number of hydrogen-bond acceptors (Lipinski definition) is 2. The third-order valence-corrected chi connectivity index (χ3v) is 1.17. The number of hydrogen-bond donors (Lipinski definition) is 2. The molecule has 0 saturated heterocycles. The Morgan fingerprint density at radius 1 is 1.08 bits per heavy atom. The van der Waals surface area contributed by atoms with Gasteiger partial charge in [0.05, 0.1) is 0 Å². The van der Waals surface area contributed by atoms with Gasteiger partial charge in [0.2, 0.25) is 0 Å². The van der Waals surface area contributed by atoms with Crippen LogP contribution >= 0.6 is 0 Å². The lowest BCUT2D eigenvalue weighted by Crippen LogP contribution is -1.89. The van der Waals surface area contributed by atoms with Crippen LogP contribution < -0.4 is 0 Å². The Kier molecular flexibility index (Phi) is 4.61. The van der Waals surface area contributed by atoms with Crippen molar-refractivity contribution in [3.63, 3.8) is 0 Å². The molecule has 1 rings (SSSR count). The average Bonchev–Trinajstić information content (AvgIpc) is 1.81. The lowest BCUT2D eigenvalue weighted by Gasteiger charge is -1.90. The van der Waals surface area contributed by atoms with E-state index in [1.54, 1.807) is 0 Å². The average molecular weight is 204 g/mol. The van der Waals surface area contributed by atoms with Crippen LogP contribution in [0.2, 0.25) is 0 Å². The van der Waals surface area contributed by atoms with Crippen LogP contribution in [0.3, 0.4) is 0 Å². The van der Waals surface area contributed by atoms with Crippen molar-refractivity contribution in [3.05, 3.63) is 35.4 Å². The molecule has 0 aromatic heterocycles. The van der Waals surface area contributed by atoms with Crippen molar-refractivity contribution in [2.75, 3.05) is 0 Å². The van der Waals surface area contributed by atoms with Gasteiger partial charge in [-0.1, -0.05) is 35.4 Å². The van der Waals surface area contributed by atoms with Crippen molar-refractivity contribution in [1.82, 2.24) is 0 Å². The zero-order valence-electron chi connectivity index (χ0n) is 7.43. The van der Waals surface area contributed by atoms with E-state index in [2.05, 4.69) is 38.1 Å². The summed E-state index contributed by atoms with van der Waals surface area (Å²) in [6, 6.07) is 8.45. The molecule has 0 atom stereocenters. The van der Waals surface area contributed by atoms with E-state index in [4.69, 9.17) is 17.5 Å². The minimum atomic E-state index is -4.67. The van der Waals surface area contributed by atoms with Crippen LogP contribution in [0, 0.1) is 13.8 Å². The minimum Gasteiger partial charge on any atom is -0.264 e. The summed E-state index contributed by atoms with van der Waals surface area (Å²) in [6.07, 6.45) is 0. The van der Waals surface area contributed by atoms with Crippen LogP contribution in [-0.4, -0.2) is 17.5 Å². The van der Waals surface area contributed by atoms with Gasteiger partial charge in [-0.2, -0.15) is 8.42 Å². The van der Waals surface area contributed by atoms with Crippen molar-refractivity contribution < 1.29 is 17.5 Å². The molecule has 0 radical (unpaired) electrons. The Morgan fingerprint density at radius 3 is 1.54 bits per heavy atom. The summed E-state index contributed by atoms with van der Waals surface area (Å²) in [5, 5.41) is 0. The summed E-state index contributed by atoms with van der Waals surface area (Å²) in [5.74, 6) is 0. The van der Waals surface area contributed by atoms with Gasteiger partial charge >= 0.3 is 10.4 Å². The Hall–Kier alpha value is -0.910. The first-order valence-electron chi connectivity index (χ1n) is 3.52. The zero-order chi connectivity index (χ0) is 10.5. The number of rotatable bonds is 0. The van der Waals surface area contributed by atoms with Crippen molar-refractivity contribution in [1.29, 1.82) is 0 Å². The first kappa shape index (κ1) is 12.1. The highest BCUT2D eigenvalue weighted by Gasteiger charge is 1.84. The zero-order valence-corrected chi connectivity index (χ0v) is 8.25. The first-order chi connectivity index (χ1) is 5.79. The molecule has 0 bridgehead atoms. The highest BCUT2D eigenvalue weighted by molar-refractivity contribution is 7.79. The molecule has 1 aromatic carbocycles. The summed E-state index contributed by atoms with van der Waals surface area (Å²) in [7, 11) is -4.67. The Bertz CT molecular complexity index is 331. The van der Waals surface area contributed by atoms with E-state index in [1.165, 1.54) is 11.1 Å². The topological polar surface area (TPSA) is 74.6 Å². The molecule has 1 aromatic rings. The first-order valence-corrected chi connectivity index (χ1v) is 4.92. The van der Waals surface area contributed by atoms with Crippen LogP contribution in [0.5, 0.6) is 0 Å². The van der Waals surface area contributed by atoms with Crippen LogP contribution in [0.25, 0.3) is 0 Å². The molecular formula is C8H12O4S. The fourth-order valence-electron chi connectivity index (χ4n) is 0.807. The van der Waals surface area contributed by atoms with E-state index in [0.29, 0.717) is 0 Å². The second-order valence-electron chi connectivity index (χ2n) is 2.61. The van der Waals surface area contributed by atoms with E-state index in [0.717, 1.165) is 0 Å². The van der Waals surface area contributed by atoms with E-state index in [1.807, 2.05) is 0 Å². The highest BCUT2D eigenvalue weighted by atomic mass is 32.3. The monoisotopic (exact) mass is 204 g/mol. The lowest BCUT2D eigenvalue weighted by atomic mass is 10.2. The van der Waals surface area contributed by atoms with Gasteiger partial charge in [0.1, 0.15) is 0 Å². The van der Waals surface area contributed by atoms with Crippen LogP contribution in [-0.2, 0) is 10.4 Å². The van der Waals surface area contributed by atoms with E-state index in [-0.39, 0.29) is 0 Å². The highest BCUT2D eigenvalue weighted by Crippen LogP contribution is 2.00. The third-order valence-electron chi connectivity index (χ3n) is 1.17. The van der Waals surface area contributed by atoms with Gasteiger partial charge in [-0.05, 0) is 13.8 Å². The molecule has 13 heavy (non-hydrogen) atoms. The van der Waals surface area contributed by atoms with Crippen LogP contribution in [0.15, 0.2) is 24.3 Å². The summed E-state index contributed by atoms with van der Waals surface area (Å²) in [5.41, 5.74) is 2.68. The quantitative estimate of drug-likeness (QED) is 0.630. The molecule has 0 fully saturated rings. The second-order valence-corrected chi connectivity index (χ2v) is 3.50. The molecular weight excluding hydrogens is 192 g/mol. The van der Waals surface area contributed by atoms with Gasteiger partial charge in [0, 0.05) is 0 Å². The Balaban J connectivity index is 0.000000252. The summed E-state index contributed by atoms with van der Waals surface area (Å²) >= 11 is 0. The molecule has 0 aliphatic rings. The fourth-order valence-corrected chi connectivity index (χ4v) is 0.807. The van der Waals surface area contributed by atoms with Crippen molar-refractivity contribution >= 4 is 10.4 Å². The van der Waals surface area contributed by atoms with E-state index in [9.17, 15) is 0 Å². The molecule has 0 unspecified atom stereocenters. The van der Waals surface area contributed by atoms with Crippen LogP contribution in [0.1, 0.15) is 11.1 Å². The van der Waals surface area contributed by atoms with Crippen molar-refractivity contribution in [3.8, 4) is 0 Å². The van der Waals surface area contributed by atoms with Crippen molar-refractivity contribution in [2.45, 2.75) is 13.8 Å². The predicted octanol–water partition coefficient (Wildman–Crippen LogP) is 1.65. The molecule has 0 amide bonds. The smallest absolute Gasteiger partial charge is 0.264 e. The molecule has 0 saturated carbocycles. The number of benzene rings is 1. The van der Waals surface area contributed by atoms with E-state index < -0.39 is 10.4 Å². The Labute approximate surface area is 77.8 Å². The summed E-state index contributed by atoms with van der Waals surface area (Å²) < 4.78 is 31.6. The van der Waals surface area contributed by atoms with E-state index >= 15 is 0 Å². The second kappa shape index (κ2) is 4.96. The predicted molar refractivity (Wildman–Crippen MR) is 50.1 cm³/mol. The third kappa shape index (κ3) is 11.1. The standard InChI is InChI=1S/C8H10.H2O4S/c1-7-4-3-5-8(2)6-7;1-5(2,3)4/h3-6H,1-2H3;(H2,1,2,3,4). The summed E-state index contributed by atoms with van der Waals surface area (Å²) in [6.45, 7) is 4.21. The number of aryl methyl sites for hydroxylation is 2. The molecule has 0 aliphatic heterocycles. The van der Waals surface area contributed by atoms with Gasteiger partial charge in [-0.3, -0.25) is 9.11 Å². The molecule has 0 aliphatic carbocycles. The lowest BCUT2D eigenvalue weighted by molar-refractivity contribution is 0.381. The molecule has 0 heterocycles. The fraction of sp³-hybridized carbons (Fsp3) is 0.250. The molecule has 0 spiro atoms. The maximum Gasteiger partial charge on any atom is 0.394 e. The molecule has 2 N–H and O–H groups in total. The van der Waals surface area contributed by atoms with Crippen molar-refractivity contribution in [2.24, 2.45) is 0 Å². The largest absolute Gasteiger partial charge is 0.394 e. The summed E-state index contributed by atoms with van der Waals surface area (Å²) in [4.78, 5) is 0. The molecule has 74 valence electrons.